The van der Waals surface area contributed by atoms with Crippen molar-refractivity contribution in [1.29, 1.82) is 0 Å². The molecule has 1 rings (SSSR count). The van der Waals surface area contributed by atoms with Gasteiger partial charge in [-0.3, -0.25) is 5.01 Å². The number of carboxylic acids is 1. The van der Waals surface area contributed by atoms with E-state index < -0.39 is 12.0 Å². The molecule has 0 aromatic heterocycles. The summed E-state index contributed by atoms with van der Waals surface area (Å²) in [5.41, 5.74) is 0. The summed E-state index contributed by atoms with van der Waals surface area (Å²) < 4.78 is 0. The lowest BCUT2D eigenvalue weighted by molar-refractivity contribution is -0.255. The zero-order valence-corrected chi connectivity index (χ0v) is 6.25. The van der Waals surface area contributed by atoms with Crippen LogP contribution < -0.4 is 0 Å². The predicted octanol–water partition coefficient (Wildman–Crippen LogP) is 0.307. The van der Waals surface area contributed by atoms with Crippen LogP contribution in [0.2, 0.25) is 0 Å². The van der Waals surface area contributed by atoms with Crippen LogP contribution in [0.15, 0.2) is 10.5 Å². The highest BCUT2D eigenvalue weighted by Gasteiger charge is 2.29. The van der Waals surface area contributed by atoms with Gasteiger partial charge >= 0.3 is 5.97 Å². The summed E-state index contributed by atoms with van der Waals surface area (Å²) in [7, 11) is 0. The molecular formula is C5H9N3O4. The van der Waals surface area contributed by atoms with Crippen molar-refractivity contribution >= 4 is 5.97 Å². The Balaban J connectivity index is 2.52. The maximum absolute atomic E-state index is 10.5. The lowest BCUT2D eigenvalue weighted by Crippen LogP contribution is -2.31. The topological polar surface area (TPSA) is 94.7 Å². The number of hydrogen-bond acceptors (Lipinski definition) is 5. The van der Waals surface area contributed by atoms with Crippen molar-refractivity contribution in [3.8, 4) is 0 Å². The van der Waals surface area contributed by atoms with Gasteiger partial charge in [-0.2, -0.15) is 5.26 Å². The van der Waals surface area contributed by atoms with Crippen LogP contribution in [-0.2, 0) is 9.78 Å². The first-order valence-electron chi connectivity index (χ1n) is 3.46. The molecule has 0 aliphatic carbocycles. The highest BCUT2D eigenvalue weighted by atomic mass is 17.2. The van der Waals surface area contributed by atoms with E-state index >= 15 is 0 Å². The molecule has 1 aliphatic rings. The maximum Gasteiger partial charge on any atom is 0.328 e. The van der Waals surface area contributed by atoms with Crippen molar-refractivity contribution < 1.29 is 20.1 Å². The van der Waals surface area contributed by atoms with Crippen molar-refractivity contribution in [2.45, 2.75) is 18.9 Å². The van der Waals surface area contributed by atoms with Gasteiger partial charge in [0.05, 0.1) is 5.28 Å². The predicted molar refractivity (Wildman–Crippen MR) is 35.9 cm³/mol. The van der Waals surface area contributed by atoms with Crippen LogP contribution in [0.1, 0.15) is 12.8 Å². The molecule has 7 nitrogen and oxygen atoms in total. The quantitative estimate of drug-likeness (QED) is 0.365. The molecule has 1 aliphatic heterocycles. The molecule has 1 atom stereocenters. The minimum absolute atomic E-state index is 0.518. The van der Waals surface area contributed by atoms with Gasteiger partial charge < -0.3 is 5.11 Å². The van der Waals surface area contributed by atoms with E-state index in [0.29, 0.717) is 13.0 Å². The zero-order chi connectivity index (χ0) is 8.97. The van der Waals surface area contributed by atoms with Crippen LogP contribution in [0, 0.1) is 0 Å². The number of rotatable bonds is 3. The van der Waals surface area contributed by atoms with Crippen molar-refractivity contribution in [2.24, 2.45) is 10.5 Å². The summed E-state index contributed by atoms with van der Waals surface area (Å²) in [6.45, 7) is 0.518. The first-order chi connectivity index (χ1) is 5.75. The summed E-state index contributed by atoms with van der Waals surface area (Å²) in [4.78, 5) is 13.9. The zero-order valence-electron chi connectivity index (χ0n) is 6.25. The second kappa shape index (κ2) is 3.86. The van der Waals surface area contributed by atoms with Crippen LogP contribution in [0.4, 0.5) is 0 Å². The van der Waals surface area contributed by atoms with E-state index in [1.807, 2.05) is 0 Å². The summed E-state index contributed by atoms with van der Waals surface area (Å²) >= 11 is 0. The Morgan fingerprint density at radius 3 is 3.00 bits per heavy atom. The van der Waals surface area contributed by atoms with Crippen molar-refractivity contribution in [2.75, 3.05) is 6.54 Å². The van der Waals surface area contributed by atoms with E-state index in [4.69, 9.17) is 10.4 Å². The highest BCUT2D eigenvalue weighted by Crippen LogP contribution is 2.17. The smallest absolute Gasteiger partial charge is 0.328 e. The normalized spacial score (nSPS) is 23.4. The number of carboxylic acid groups (broad SMARTS) is 1. The molecule has 1 fully saturated rings. The third kappa shape index (κ3) is 1.82. The minimum Gasteiger partial charge on any atom is -0.480 e. The summed E-state index contributed by atoms with van der Waals surface area (Å²) in [6.07, 6.45) is 1.29. The average molecular weight is 175 g/mol. The maximum atomic E-state index is 10.5. The fraction of sp³-hybridized carbons (Fsp3) is 0.800. The van der Waals surface area contributed by atoms with Gasteiger partial charge in [-0.05, 0) is 18.1 Å². The second-order valence-electron chi connectivity index (χ2n) is 2.41. The molecule has 0 saturated carbocycles. The minimum atomic E-state index is -0.940. The first-order valence-corrected chi connectivity index (χ1v) is 3.46. The van der Waals surface area contributed by atoms with Gasteiger partial charge in [-0.15, -0.1) is 0 Å². The summed E-state index contributed by atoms with van der Waals surface area (Å²) in [5, 5.41) is 23.9. The molecule has 1 saturated heterocycles. The Morgan fingerprint density at radius 1 is 1.67 bits per heavy atom. The molecule has 68 valence electrons. The van der Waals surface area contributed by atoms with Crippen LogP contribution in [0.25, 0.3) is 0 Å². The molecule has 2 N–H and O–H groups in total. The molecule has 1 heterocycles. The lowest BCUT2D eigenvalue weighted by atomic mass is 10.2. The number of carbonyl (C=O) groups is 1. The first kappa shape index (κ1) is 8.72. The fourth-order valence-electron chi connectivity index (χ4n) is 1.17. The fourth-order valence-corrected chi connectivity index (χ4v) is 1.17. The van der Waals surface area contributed by atoms with Crippen molar-refractivity contribution in [3.63, 3.8) is 0 Å². The van der Waals surface area contributed by atoms with E-state index in [1.165, 1.54) is 5.01 Å². The van der Waals surface area contributed by atoms with Gasteiger partial charge in [-0.25, -0.2) is 9.78 Å². The molecule has 0 aromatic carbocycles. The van der Waals surface area contributed by atoms with Gasteiger partial charge in [0.25, 0.3) is 0 Å². The second-order valence-corrected chi connectivity index (χ2v) is 2.41. The molecule has 0 amide bonds. The van der Waals surface area contributed by atoms with Gasteiger partial charge in [0.2, 0.25) is 0 Å². The van der Waals surface area contributed by atoms with Crippen LogP contribution >= 0.6 is 0 Å². The molecule has 0 spiro atoms. The van der Waals surface area contributed by atoms with E-state index in [-0.39, 0.29) is 0 Å². The Morgan fingerprint density at radius 2 is 2.42 bits per heavy atom. The van der Waals surface area contributed by atoms with Crippen molar-refractivity contribution in [3.05, 3.63) is 0 Å². The molecule has 1 unspecified atom stereocenters. The van der Waals surface area contributed by atoms with Gasteiger partial charge in [0.1, 0.15) is 6.04 Å². The molecule has 0 aromatic rings. The standard InChI is InChI=1S/C5H9N3O4/c9-5(10)4-2-1-3-8(4)6-7-12-11/h4,11H,1-3H2,(H,9,10)/b7-6-. The summed E-state index contributed by atoms with van der Waals surface area (Å²) in [5.74, 6) is -0.940. The van der Waals surface area contributed by atoms with Crippen molar-refractivity contribution in [1.82, 2.24) is 5.01 Å². The Labute approximate surface area is 68.1 Å². The Bertz CT molecular complexity index is 195. The lowest BCUT2D eigenvalue weighted by Gasteiger charge is -2.13. The molecule has 0 bridgehead atoms. The summed E-state index contributed by atoms with van der Waals surface area (Å²) in [6, 6.07) is -0.649. The third-order valence-electron chi connectivity index (χ3n) is 1.70. The van der Waals surface area contributed by atoms with Crippen LogP contribution in [-0.4, -0.2) is 33.9 Å². The average Bonchev–Trinajstić information content (AvgIpc) is 2.48. The van der Waals surface area contributed by atoms with Gasteiger partial charge in [0.15, 0.2) is 0 Å². The largest absolute Gasteiger partial charge is 0.480 e. The number of nitrogens with zero attached hydrogens (tertiary/aromatic N) is 3. The van der Waals surface area contributed by atoms with Gasteiger partial charge in [0, 0.05) is 6.54 Å². The number of aliphatic carboxylic acids is 1. The SMILES string of the molecule is O=C(O)C1CCCN1/N=N\OO. The van der Waals surface area contributed by atoms with Gasteiger partial charge in [-0.1, -0.05) is 0 Å². The monoisotopic (exact) mass is 175 g/mol. The Hall–Kier alpha value is -1.37. The van der Waals surface area contributed by atoms with E-state index in [9.17, 15) is 4.79 Å². The molecule has 12 heavy (non-hydrogen) atoms. The molecule has 7 heteroatoms. The van der Waals surface area contributed by atoms with Crippen LogP contribution in [0.3, 0.4) is 0 Å². The van der Waals surface area contributed by atoms with E-state index in [0.717, 1.165) is 6.42 Å². The molecule has 0 radical (unpaired) electrons. The van der Waals surface area contributed by atoms with E-state index in [2.05, 4.69) is 15.5 Å². The van der Waals surface area contributed by atoms with E-state index in [1.54, 1.807) is 0 Å². The number of hydrogen-bond donors (Lipinski definition) is 2. The molecular weight excluding hydrogens is 166 g/mol. The Kier molecular flexibility index (Phi) is 2.81. The third-order valence-corrected chi connectivity index (χ3v) is 1.70. The highest BCUT2D eigenvalue weighted by molar-refractivity contribution is 5.73. The van der Waals surface area contributed by atoms with Crippen LogP contribution in [0.5, 0.6) is 0 Å².